The van der Waals surface area contributed by atoms with Crippen LogP contribution in [0.1, 0.15) is 25.6 Å². The van der Waals surface area contributed by atoms with Crippen molar-refractivity contribution < 1.29 is 4.39 Å². The molecule has 108 valence electrons. The summed E-state index contributed by atoms with van der Waals surface area (Å²) in [7, 11) is 0. The van der Waals surface area contributed by atoms with E-state index in [4.69, 9.17) is 5.73 Å². The standard InChI is InChI=1S/C14H19FN4S/c1-2-4-13-17-14(20-18-13)19(10-3-9-16)12-7-5-11(15)6-8-12/h5-8H,2-4,9-10,16H2,1H3. The van der Waals surface area contributed by atoms with Gasteiger partial charge in [-0.25, -0.2) is 9.37 Å². The van der Waals surface area contributed by atoms with Gasteiger partial charge in [-0.1, -0.05) is 6.92 Å². The zero-order valence-corrected chi connectivity index (χ0v) is 12.4. The molecule has 2 aromatic rings. The normalized spacial score (nSPS) is 10.8. The second-order valence-corrected chi connectivity index (χ2v) is 5.24. The van der Waals surface area contributed by atoms with Gasteiger partial charge >= 0.3 is 0 Å². The Morgan fingerprint density at radius 1 is 1.30 bits per heavy atom. The van der Waals surface area contributed by atoms with Crippen molar-refractivity contribution in [1.82, 2.24) is 9.36 Å². The molecular formula is C14H19FN4S. The highest BCUT2D eigenvalue weighted by atomic mass is 32.1. The number of halogens is 1. The summed E-state index contributed by atoms with van der Waals surface area (Å²) >= 11 is 1.38. The van der Waals surface area contributed by atoms with E-state index in [2.05, 4.69) is 16.3 Å². The SMILES string of the molecule is CCCc1nsc(N(CCCN)c2ccc(F)cc2)n1. The van der Waals surface area contributed by atoms with Gasteiger partial charge in [0.05, 0.1) is 0 Å². The van der Waals surface area contributed by atoms with Crippen molar-refractivity contribution in [1.29, 1.82) is 0 Å². The maximum absolute atomic E-state index is 13.0. The Morgan fingerprint density at radius 2 is 2.05 bits per heavy atom. The number of aromatic nitrogens is 2. The maximum Gasteiger partial charge on any atom is 0.209 e. The fraction of sp³-hybridized carbons (Fsp3) is 0.429. The quantitative estimate of drug-likeness (QED) is 0.852. The zero-order valence-electron chi connectivity index (χ0n) is 11.6. The van der Waals surface area contributed by atoms with Crippen molar-refractivity contribution in [2.45, 2.75) is 26.2 Å². The molecule has 1 aromatic carbocycles. The summed E-state index contributed by atoms with van der Waals surface area (Å²) in [5.41, 5.74) is 6.51. The molecule has 1 aromatic heterocycles. The van der Waals surface area contributed by atoms with Crippen LogP contribution in [0.4, 0.5) is 15.2 Å². The van der Waals surface area contributed by atoms with Gasteiger partial charge in [-0.05, 0) is 43.7 Å². The summed E-state index contributed by atoms with van der Waals surface area (Å²) in [6.07, 6.45) is 2.75. The lowest BCUT2D eigenvalue weighted by Gasteiger charge is -2.21. The lowest BCUT2D eigenvalue weighted by molar-refractivity contribution is 0.627. The van der Waals surface area contributed by atoms with E-state index in [1.807, 2.05) is 4.90 Å². The number of anilines is 2. The summed E-state index contributed by atoms with van der Waals surface area (Å²) in [5.74, 6) is 0.629. The molecule has 0 amide bonds. The van der Waals surface area contributed by atoms with E-state index in [0.717, 1.165) is 42.5 Å². The van der Waals surface area contributed by atoms with Crippen LogP contribution in [0.5, 0.6) is 0 Å². The van der Waals surface area contributed by atoms with Crippen LogP contribution in [-0.2, 0) is 6.42 Å². The van der Waals surface area contributed by atoms with E-state index in [-0.39, 0.29) is 5.82 Å². The Hall–Kier alpha value is -1.53. The summed E-state index contributed by atoms with van der Waals surface area (Å²) in [5, 5.41) is 0.841. The fourth-order valence-corrected chi connectivity index (χ4v) is 2.65. The molecule has 1 heterocycles. The molecule has 20 heavy (non-hydrogen) atoms. The number of aryl methyl sites for hydroxylation is 1. The molecule has 0 saturated heterocycles. The van der Waals surface area contributed by atoms with Gasteiger partial charge < -0.3 is 10.6 Å². The highest BCUT2D eigenvalue weighted by molar-refractivity contribution is 7.09. The van der Waals surface area contributed by atoms with Crippen LogP contribution in [0.25, 0.3) is 0 Å². The second-order valence-electron chi connectivity index (χ2n) is 4.51. The molecule has 0 spiro atoms. The largest absolute Gasteiger partial charge is 0.330 e. The topological polar surface area (TPSA) is 55.0 Å². The van der Waals surface area contributed by atoms with E-state index >= 15 is 0 Å². The van der Waals surface area contributed by atoms with Crippen LogP contribution >= 0.6 is 11.5 Å². The van der Waals surface area contributed by atoms with Gasteiger partial charge in [-0.2, -0.15) is 4.37 Å². The van der Waals surface area contributed by atoms with Crippen molar-refractivity contribution in [3.63, 3.8) is 0 Å². The van der Waals surface area contributed by atoms with Crippen molar-refractivity contribution in [3.8, 4) is 0 Å². The molecule has 0 saturated carbocycles. The van der Waals surface area contributed by atoms with Gasteiger partial charge in [-0.15, -0.1) is 0 Å². The van der Waals surface area contributed by atoms with Crippen molar-refractivity contribution >= 4 is 22.4 Å². The number of rotatable bonds is 7. The summed E-state index contributed by atoms with van der Waals surface area (Å²) in [6, 6.07) is 6.43. The first-order chi connectivity index (χ1) is 9.74. The molecule has 0 unspecified atom stereocenters. The van der Waals surface area contributed by atoms with Crippen LogP contribution in [0.2, 0.25) is 0 Å². The third kappa shape index (κ3) is 3.74. The summed E-state index contributed by atoms with van der Waals surface area (Å²) < 4.78 is 17.4. The molecule has 6 heteroatoms. The Balaban J connectivity index is 2.23. The van der Waals surface area contributed by atoms with Gasteiger partial charge in [0.1, 0.15) is 11.6 Å². The van der Waals surface area contributed by atoms with Gasteiger partial charge in [0.15, 0.2) is 0 Å². The van der Waals surface area contributed by atoms with Crippen LogP contribution in [0, 0.1) is 5.82 Å². The first-order valence-electron chi connectivity index (χ1n) is 6.80. The molecule has 2 N–H and O–H groups in total. The average molecular weight is 294 g/mol. The molecule has 0 aliphatic carbocycles. The predicted octanol–water partition coefficient (Wildman–Crippen LogP) is 3.12. The van der Waals surface area contributed by atoms with Gasteiger partial charge in [0.2, 0.25) is 5.13 Å². The highest BCUT2D eigenvalue weighted by Crippen LogP contribution is 2.27. The van der Waals surface area contributed by atoms with E-state index < -0.39 is 0 Å². The molecule has 0 aliphatic heterocycles. The van der Waals surface area contributed by atoms with E-state index in [1.165, 1.54) is 23.7 Å². The first-order valence-corrected chi connectivity index (χ1v) is 7.57. The lowest BCUT2D eigenvalue weighted by Crippen LogP contribution is -2.20. The number of hydrogen-bond acceptors (Lipinski definition) is 5. The van der Waals surface area contributed by atoms with Gasteiger partial charge in [0.25, 0.3) is 0 Å². The maximum atomic E-state index is 13.0. The molecule has 0 aliphatic rings. The second kappa shape index (κ2) is 7.31. The summed E-state index contributed by atoms with van der Waals surface area (Å²) in [6.45, 7) is 3.47. The average Bonchev–Trinajstić information content (AvgIpc) is 2.90. The Labute approximate surface area is 122 Å². The minimum atomic E-state index is -0.239. The summed E-state index contributed by atoms with van der Waals surface area (Å²) in [4.78, 5) is 6.60. The number of nitrogens with zero attached hydrogens (tertiary/aromatic N) is 3. The molecule has 0 fully saturated rings. The van der Waals surface area contributed by atoms with Crippen LogP contribution in [-0.4, -0.2) is 22.4 Å². The minimum Gasteiger partial charge on any atom is -0.330 e. The molecule has 0 radical (unpaired) electrons. The van der Waals surface area contributed by atoms with Crippen LogP contribution < -0.4 is 10.6 Å². The van der Waals surface area contributed by atoms with E-state index in [0.29, 0.717) is 6.54 Å². The fourth-order valence-electron chi connectivity index (χ4n) is 1.89. The Morgan fingerprint density at radius 3 is 2.70 bits per heavy atom. The van der Waals surface area contributed by atoms with Gasteiger partial charge in [-0.3, -0.25) is 0 Å². The molecule has 2 rings (SSSR count). The Kier molecular flexibility index (Phi) is 5.43. The van der Waals surface area contributed by atoms with Crippen molar-refractivity contribution in [2.24, 2.45) is 5.73 Å². The van der Waals surface area contributed by atoms with E-state index in [9.17, 15) is 4.39 Å². The van der Waals surface area contributed by atoms with Crippen molar-refractivity contribution in [3.05, 3.63) is 35.9 Å². The Bertz CT molecular complexity index is 526. The molecular weight excluding hydrogens is 275 g/mol. The minimum absolute atomic E-state index is 0.239. The van der Waals surface area contributed by atoms with Crippen molar-refractivity contribution in [2.75, 3.05) is 18.0 Å². The lowest BCUT2D eigenvalue weighted by atomic mass is 10.2. The zero-order chi connectivity index (χ0) is 14.4. The third-order valence-electron chi connectivity index (χ3n) is 2.89. The number of nitrogens with two attached hydrogens (primary N) is 1. The van der Waals surface area contributed by atoms with Gasteiger partial charge in [0, 0.05) is 30.2 Å². The highest BCUT2D eigenvalue weighted by Gasteiger charge is 2.14. The smallest absolute Gasteiger partial charge is 0.209 e. The molecule has 0 atom stereocenters. The molecule has 4 nitrogen and oxygen atoms in total. The monoisotopic (exact) mass is 294 g/mol. The first kappa shape index (κ1) is 14.9. The van der Waals surface area contributed by atoms with E-state index in [1.54, 1.807) is 12.1 Å². The molecule has 0 bridgehead atoms. The predicted molar refractivity (Wildman–Crippen MR) is 81.0 cm³/mol. The number of benzene rings is 1. The van der Waals surface area contributed by atoms with Crippen LogP contribution in [0.15, 0.2) is 24.3 Å². The third-order valence-corrected chi connectivity index (χ3v) is 3.66. The van der Waals surface area contributed by atoms with Crippen LogP contribution in [0.3, 0.4) is 0 Å². The number of hydrogen-bond donors (Lipinski definition) is 1.